The van der Waals surface area contributed by atoms with Crippen LogP contribution >= 0.6 is 0 Å². The summed E-state index contributed by atoms with van der Waals surface area (Å²) in [5.41, 5.74) is 0. The Morgan fingerprint density at radius 2 is 1.12 bits per heavy atom. The number of aliphatic hydroxyl groups excluding tert-OH is 9. The van der Waals surface area contributed by atoms with Crippen LogP contribution in [0.5, 0.6) is 0 Å². The Kier molecular flexibility index (Phi) is 30.6. The molecule has 31 nitrogen and oxygen atoms in total. The van der Waals surface area contributed by atoms with E-state index in [4.69, 9.17) is 47.4 Å². The normalized spacial score (nSPS) is 28.1. The van der Waals surface area contributed by atoms with E-state index in [0.717, 1.165) is 20.8 Å². The van der Waals surface area contributed by atoms with E-state index >= 15 is 0 Å². The molecule has 2 heterocycles. The third-order valence-corrected chi connectivity index (χ3v) is 11.9. The van der Waals surface area contributed by atoms with Gasteiger partial charge in [-0.3, -0.25) is 28.8 Å². The summed E-state index contributed by atoms with van der Waals surface area (Å²) in [6, 6.07) is -5.44. The second-order valence-corrected chi connectivity index (χ2v) is 18.2. The van der Waals surface area contributed by atoms with Crippen molar-refractivity contribution in [2.75, 3.05) is 60.0 Å². The maximum atomic E-state index is 12.6. The number of carbonyl (C=O) groups excluding carboxylic acids is 6. The van der Waals surface area contributed by atoms with Crippen LogP contribution in [0.25, 0.3) is 0 Å². The lowest BCUT2D eigenvalue weighted by molar-refractivity contribution is -0.316. The molecule has 9 unspecified atom stereocenters. The number of aliphatic hydroxyl groups is 9. The van der Waals surface area contributed by atoms with Crippen LogP contribution in [0.2, 0.25) is 0 Å². The van der Waals surface area contributed by atoms with Crippen molar-refractivity contribution in [2.45, 2.75) is 191 Å². The summed E-state index contributed by atoms with van der Waals surface area (Å²) in [7, 11) is 1.22. The highest BCUT2D eigenvalue weighted by Crippen LogP contribution is 2.28. The molecule has 2 aliphatic heterocycles. The predicted molar refractivity (Wildman–Crippen MR) is 255 cm³/mol. The van der Waals surface area contributed by atoms with Gasteiger partial charge in [0, 0.05) is 61.7 Å². The largest absolute Gasteiger partial charge is 0.394 e. The van der Waals surface area contributed by atoms with E-state index < -0.39 is 204 Å². The van der Waals surface area contributed by atoms with E-state index in [1.807, 2.05) is 0 Å². The zero-order valence-corrected chi connectivity index (χ0v) is 44.3. The third-order valence-electron chi connectivity index (χ3n) is 11.9. The fourth-order valence-electron chi connectivity index (χ4n) is 8.13. The number of rotatable bonds is 34. The number of ether oxygens (including phenoxy) is 10. The minimum absolute atomic E-state index is 0.246. The Morgan fingerprint density at radius 1 is 0.579 bits per heavy atom. The number of carbonyl (C=O) groups is 6. The molecular formula is C45H82N6O25. The SMILES string of the molecule is CO[C@H](CNC(C)=O)[C@H](O)C(CO[C@H]1OC(CO)[C@@H](O)[C@H](O)C1NC(C)=O)OCO[C@H]1C(CO)O[C@H](OC(C)C(CO)O[C@H](O[C@@H](CNC(C)=O)[C@H](NC(C)=O)C(C)OC(C)O)[C@H](CO)NC(C)=O)C(NC(C)=O)[C@H]1O. The van der Waals surface area contributed by atoms with Crippen LogP contribution in [-0.4, -0.2) is 270 Å². The van der Waals surface area contributed by atoms with Gasteiger partial charge in [-0.05, 0) is 20.8 Å². The van der Waals surface area contributed by atoms with Crippen LogP contribution in [0.4, 0.5) is 0 Å². The summed E-state index contributed by atoms with van der Waals surface area (Å²) in [6.45, 7) is 5.78. The summed E-state index contributed by atoms with van der Waals surface area (Å²) >= 11 is 0. The van der Waals surface area contributed by atoms with Crippen molar-refractivity contribution in [3.63, 3.8) is 0 Å². The lowest BCUT2D eigenvalue weighted by atomic mass is 9.96. The first-order valence-corrected chi connectivity index (χ1v) is 24.4. The van der Waals surface area contributed by atoms with Gasteiger partial charge in [0.25, 0.3) is 0 Å². The summed E-state index contributed by atoms with van der Waals surface area (Å²) < 4.78 is 58.8. The minimum atomic E-state index is -1.80. The molecule has 0 saturated carbocycles. The summed E-state index contributed by atoms with van der Waals surface area (Å²) in [6.07, 6.45) is -25.2. The van der Waals surface area contributed by atoms with Crippen molar-refractivity contribution in [2.24, 2.45) is 0 Å². The lowest BCUT2D eigenvalue weighted by Crippen LogP contribution is -2.66. The number of methoxy groups -OCH3 is 1. The van der Waals surface area contributed by atoms with Crippen molar-refractivity contribution in [1.82, 2.24) is 31.9 Å². The number of hydrogen-bond acceptors (Lipinski definition) is 25. The molecule has 2 rings (SSSR count). The Balaban J connectivity index is 2.47. The molecule has 442 valence electrons. The van der Waals surface area contributed by atoms with Gasteiger partial charge in [-0.1, -0.05) is 0 Å². The predicted octanol–water partition coefficient (Wildman–Crippen LogP) is -7.86. The molecule has 0 radical (unpaired) electrons. The molecule has 0 aliphatic carbocycles. The second kappa shape index (κ2) is 34.2. The smallest absolute Gasteiger partial charge is 0.217 e. The van der Waals surface area contributed by atoms with Gasteiger partial charge in [-0.15, -0.1) is 0 Å². The van der Waals surface area contributed by atoms with E-state index in [9.17, 15) is 74.7 Å². The molecule has 2 fully saturated rings. The second-order valence-electron chi connectivity index (χ2n) is 18.2. The Labute approximate surface area is 439 Å². The topological polar surface area (TPSA) is 449 Å². The molecule has 31 heteroatoms. The highest BCUT2D eigenvalue weighted by Gasteiger charge is 2.49. The van der Waals surface area contributed by atoms with Gasteiger partial charge in [-0.2, -0.15) is 0 Å². The van der Waals surface area contributed by atoms with E-state index in [0.29, 0.717) is 0 Å². The molecule has 76 heavy (non-hydrogen) atoms. The van der Waals surface area contributed by atoms with Crippen molar-refractivity contribution in [3.05, 3.63) is 0 Å². The van der Waals surface area contributed by atoms with Gasteiger partial charge in [0.1, 0.15) is 92.1 Å². The van der Waals surface area contributed by atoms with Gasteiger partial charge < -0.3 is 125 Å². The van der Waals surface area contributed by atoms with Crippen LogP contribution in [0.3, 0.4) is 0 Å². The Bertz CT molecular complexity index is 1780. The standard InChI is InChI=1S/C45H82N6O25/c1-19(31(14-53)74-43(28(13-52)48-23(5)58)73-29(11-46-21(3)56)35(49-24(6)59)20(2)71-27(9)62)72-45-37(51-26(8)61)41(66)42(33(16-55)76-45)70-18-69-34(38(63)30(67-10)12-47-22(4)57)17-68-44-36(50-25(7)60)40(65)39(64)32(15-54)75-44/h19-20,27-45,52-55,62-66H,11-18H2,1-10H3,(H,46,56)(H,47,57)(H,48,58)(H,49,59)(H,50,60)(H,51,61)/t19?,20?,27?,28-,29-,30+,31?,32?,33?,34?,35+,36?,37?,38-,39+,40+,41+,42-,43-,44-,45-/m0/s1. The fourth-order valence-corrected chi connectivity index (χ4v) is 8.13. The first-order chi connectivity index (χ1) is 35.7. The van der Waals surface area contributed by atoms with Gasteiger partial charge in [-0.25, -0.2) is 0 Å². The van der Waals surface area contributed by atoms with E-state index in [1.165, 1.54) is 48.7 Å². The van der Waals surface area contributed by atoms with Crippen molar-refractivity contribution in [1.29, 1.82) is 0 Å². The van der Waals surface area contributed by atoms with Crippen LogP contribution in [0.1, 0.15) is 62.3 Å². The first-order valence-electron chi connectivity index (χ1n) is 24.4. The van der Waals surface area contributed by atoms with Crippen LogP contribution in [0.15, 0.2) is 0 Å². The first kappa shape index (κ1) is 68.2. The molecule has 0 aromatic heterocycles. The molecule has 2 saturated heterocycles. The fraction of sp³-hybridized carbons (Fsp3) is 0.867. The van der Waals surface area contributed by atoms with Gasteiger partial charge in [0.15, 0.2) is 25.2 Å². The molecule has 0 spiro atoms. The molecule has 0 aromatic rings. The number of amides is 6. The quantitative estimate of drug-likeness (QED) is 0.0266. The van der Waals surface area contributed by atoms with E-state index in [1.54, 1.807) is 0 Å². The van der Waals surface area contributed by atoms with E-state index in [-0.39, 0.29) is 13.1 Å². The number of hydrogen-bond donors (Lipinski definition) is 15. The molecule has 0 aromatic carbocycles. The summed E-state index contributed by atoms with van der Waals surface area (Å²) in [4.78, 5) is 73.3. The molecule has 0 bridgehead atoms. The molecule has 21 atom stereocenters. The molecule has 2 aliphatic rings. The van der Waals surface area contributed by atoms with Gasteiger partial charge in [0.2, 0.25) is 35.4 Å². The minimum Gasteiger partial charge on any atom is -0.394 e. The van der Waals surface area contributed by atoms with Crippen molar-refractivity contribution < 1.29 is 122 Å². The molecule has 6 amide bonds. The number of nitrogens with one attached hydrogen (secondary N) is 6. The average molecular weight is 1110 g/mol. The Hall–Kier alpha value is -3.94. The van der Waals surface area contributed by atoms with Crippen LogP contribution in [-0.2, 0) is 76.1 Å². The summed E-state index contributed by atoms with van der Waals surface area (Å²) in [5.74, 6) is -3.59. The van der Waals surface area contributed by atoms with Crippen LogP contribution in [0, 0.1) is 0 Å². The summed E-state index contributed by atoms with van der Waals surface area (Å²) in [5, 5.41) is 111. The zero-order valence-electron chi connectivity index (χ0n) is 44.3. The average Bonchev–Trinajstić information content (AvgIpc) is 3.33. The highest BCUT2D eigenvalue weighted by molar-refractivity contribution is 5.75. The Morgan fingerprint density at radius 3 is 1.61 bits per heavy atom. The highest BCUT2D eigenvalue weighted by atomic mass is 16.7. The van der Waals surface area contributed by atoms with Crippen molar-refractivity contribution in [3.8, 4) is 0 Å². The maximum absolute atomic E-state index is 12.6. The zero-order chi connectivity index (χ0) is 57.6. The van der Waals surface area contributed by atoms with Crippen molar-refractivity contribution >= 4 is 35.4 Å². The monoisotopic (exact) mass is 1110 g/mol. The van der Waals surface area contributed by atoms with Crippen LogP contribution < -0.4 is 31.9 Å². The van der Waals surface area contributed by atoms with Gasteiger partial charge >= 0.3 is 0 Å². The van der Waals surface area contributed by atoms with Gasteiger partial charge in [0.05, 0.1) is 51.3 Å². The molecular weight excluding hydrogens is 1020 g/mol. The molecule has 15 N–H and O–H groups in total. The maximum Gasteiger partial charge on any atom is 0.217 e. The third kappa shape index (κ3) is 22.1. The lowest BCUT2D eigenvalue weighted by Gasteiger charge is -2.45. The van der Waals surface area contributed by atoms with E-state index in [2.05, 4.69) is 31.9 Å².